The molecule has 0 atom stereocenters. The van der Waals surface area contributed by atoms with Gasteiger partial charge in [-0.25, -0.2) is 4.98 Å². The minimum atomic E-state index is 0.608. The van der Waals surface area contributed by atoms with Crippen molar-refractivity contribution in [2.24, 2.45) is 0 Å². The second-order valence-electron chi connectivity index (χ2n) is 3.99. The highest BCUT2D eigenvalue weighted by Crippen LogP contribution is 2.26. The molecule has 0 saturated heterocycles. The molecule has 1 aromatic heterocycles. The molecule has 0 fully saturated rings. The summed E-state index contributed by atoms with van der Waals surface area (Å²) in [5.74, 6) is 0.667. The topological polar surface area (TPSA) is 48.7 Å². The van der Waals surface area contributed by atoms with Crippen LogP contribution in [-0.2, 0) is 0 Å². The van der Waals surface area contributed by atoms with Gasteiger partial charge in [0.25, 0.3) is 0 Å². The van der Waals surface area contributed by atoms with E-state index in [1.807, 2.05) is 36.4 Å². The summed E-state index contributed by atoms with van der Waals surface area (Å²) in [5, 5.41) is 12.5. The summed E-state index contributed by atoms with van der Waals surface area (Å²) in [6.07, 6.45) is 2.74. The van der Waals surface area contributed by atoms with E-state index in [0.29, 0.717) is 11.4 Å². The lowest BCUT2D eigenvalue weighted by atomic mass is 10.0. The van der Waals surface area contributed by atoms with Crippen LogP contribution in [0.2, 0.25) is 0 Å². The van der Waals surface area contributed by atoms with E-state index in [9.17, 15) is 5.26 Å². The van der Waals surface area contributed by atoms with Gasteiger partial charge in [0, 0.05) is 18.3 Å². The van der Waals surface area contributed by atoms with Gasteiger partial charge in [0.1, 0.15) is 17.5 Å². The van der Waals surface area contributed by atoms with Crippen molar-refractivity contribution < 1.29 is 0 Å². The Balaban J connectivity index is 2.46. The number of anilines is 1. The number of nitrogens with zero attached hydrogens (tertiary/aromatic N) is 2. The van der Waals surface area contributed by atoms with Crippen LogP contribution >= 0.6 is 0 Å². The van der Waals surface area contributed by atoms with Crippen LogP contribution in [0.3, 0.4) is 0 Å². The summed E-state index contributed by atoms with van der Waals surface area (Å²) in [7, 11) is 0. The average molecular weight is 237 g/mol. The van der Waals surface area contributed by atoms with E-state index in [2.05, 4.69) is 23.3 Å². The fourth-order valence-corrected chi connectivity index (χ4v) is 1.81. The first kappa shape index (κ1) is 12.1. The molecule has 0 aliphatic heterocycles. The smallest absolute Gasteiger partial charge is 0.144 e. The largest absolute Gasteiger partial charge is 0.369 e. The SMILES string of the molecule is CCCNc1nccc(-c2ccccc2)c1C#N. The molecule has 2 rings (SSSR count). The number of rotatable bonds is 4. The minimum absolute atomic E-state index is 0.608. The van der Waals surface area contributed by atoms with Crippen LogP contribution in [0, 0.1) is 11.3 Å². The Bertz CT molecular complexity index is 556. The molecule has 1 heterocycles. The van der Waals surface area contributed by atoms with Crippen molar-refractivity contribution in [2.75, 3.05) is 11.9 Å². The highest BCUT2D eigenvalue weighted by Gasteiger charge is 2.10. The number of aromatic nitrogens is 1. The Morgan fingerprint density at radius 1 is 1.22 bits per heavy atom. The van der Waals surface area contributed by atoms with Gasteiger partial charge in [-0.05, 0) is 18.1 Å². The molecule has 0 aliphatic carbocycles. The van der Waals surface area contributed by atoms with E-state index < -0.39 is 0 Å². The predicted molar refractivity (Wildman–Crippen MR) is 73.2 cm³/mol. The maximum absolute atomic E-state index is 9.33. The van der Waals surface area contributed by atoms with Gasteiger partial charge in [0.15, 0.2) is 0 Å². The summed E-state index contributed by atoms with van der Waals surface area (Å²) < 4.78 is 0. The molecule has 1 aromatic carbocycles. The summed E-state index contributed by atoms with van der Waals surface area (Å²) in [5.41, 5.74) is 2.57. The van der Waals surface area contributed by atoms with E-state index in [0.717, 1.165) is 24.1 Å². The summed E-state index contributed by atoms with van der Waals surface area (Å²) in [6, 6.07) is 14.0. The fourth-order valence-electron chi connectivity index (χ4n) is 1.81. The third-order valence-electron chi connectivity index (χ3n) is 2.69. The van der Waals surface area contributed by atoms with Crippen LogP contribution in [-0.4, -0.2) is 11.5 Å². The molecule has 0 saturated carbocycles. The lowest BCUT2D eigenvalue weighted by Crippen LogP contribution is -2.04. The molecular formula is C15H15N3. The predicted octanol–water partition coefficient (Wildman–Crippen LogP) is 3.44. The van der Waals surface area contributed by atoms with E-state index in [1.54, 1.807) is 6.20 Å². The van der Waals surface area contributed by atoms with Gasteiger partial charge in [-0.2, -0.15) is 5.26 Å². The van der Waals surface area contributed by atoms with Crippen molar-refractivity contribution in [1.29, 1.82) is 5.26 Å². The molecule has 3 nitrogen and oxygen atoms in total. The molecule has 0 bridgehead atoms. The van der Waals surface area contributed by atoms with Crippen molar-refractivity contribution >= 4 is 5.82 Å². The minimum Gasteiger partial charge on any atom is -0.369 e. The Labute approximate surface area is 107 Å². The molecule has 1 N–H and O–H groups in total. The summed E-state index contributed by atoms with van der Waals surface area (Å²) >= 11 is 0. The molecule has 0 spiro atoms. The summed E-state index contributed by atoms with van der Waals surface area (Å²) in [6.45, 7) is 2.90. The zero-order valence-electron chi connectivity index (χ0n) is 10.4. The van der Waals surface area contributed by atoms with Gasteiger partial charge in [-0.15, -0.1) is 0 Å². The standard InChI is InChI=1S/C15H15N3/c1-2-9-17-15-14(11-16)13(8-10-18-15)12-6-4-3-5-7-12/h3-8,10H,2,9H2,1H3,(H,17,18). The molecule has 0 amide bonds. The lowest BCUT2D eigenvalue weighted by Gasteiger charge is -2.09. The number of nitrogens with one attached hydrogen (secondary N) is 1. The third kappa shape index (κ3) is 2.49. The Hall–Kier alpha value is -2.34. The third-order valence-corrected chi connectivity index (χ3v) is 2.69. The highest BCUT2D eigenvalue weighted by molar-refractivity contribution is 5.75. The average Bonchev–Trinajstić information content (AvgIpc) is 2.45. The zero-order chi connectivity index (χ0) is 12.8. The van der Waals surface area contributed by atoms with E-state index >= 15 is 0 Å². The molecule has 3 heteroatoms. The number of benzene rings is 1. The first-order chi connectivity index (χ1) is 8.86. The molecule has 2 aromatic rings. The quantitative estimate of drug-likeness (QED) is 0.886. The Morgan fingerprint density at radius 2 is 2.00 bits per heavy atom. The molecular weight excluding hydrogens is 222 g/mol. The van der Waals surface area contributed by atoms with Gasteiger partial charge in [0.2, 0.25) is 0 Å². The van der Waals surface area contributed by atoms with Crippen molar-refractivity contribution in [3.05, 3.63) is 48.2 Å². The van der Waals surface area contributed by atoms with Gasteiger partial charge in [-0.3, -0.25) is 0 Å². The van der Waals surface area contributed by atoms with Gasteiger partial charge >= 0.3 is 0 Å². The maximum Gasteiger partial charge on any atom is 0.144 e. The van der Waals surface area contributed by atoms with E-state index in [1.165, 1.54) is 0 Å². The maximum atomic E-state index is 9.33. The Kier molecular flexibility index (Phi) is 3.93. The van der Waals surface area contributed by atoms with Crippen LogP contribution < -0.4 is 5.32 Å². The van der Waals surface area contributed by atoms with Crippen LogP contribution in [0.4, 0.5) is 5.82 Å². The first-order valence-electron chi connectivity index (χ1n) is 6.05. The molecule has 0 aliphatic rings. The number of nitriles is 1. The molecule has 90 valence electrons. The second-order valence-corrected chi connectivity index (χ2v) is 3.99. The van der Waals surface area contributed by atoms with Gasteiger partial charge < -0.3 is 5.32 Å². The lowest BCUT2D eigenvalue weighted by molar-refractivity contribution is 0.968. The number of hydrogen-bond acceptors (Lipinski definition) is 3. The zero-order valence-corrected chi connectivity index (χ0v) is 10.4. The van der Waals surface area contributed by atoms with Crippen LogP contribution in [0.1, 0.15) is 18.9 Å². The molecule has 18 heavy (non-hydrogen) atoms. The number of hydrogen-bond donors (Lipinski definition) is 1. The van der Waals surface area contributed by atoms with Crippen molar-refractivity contribution in [3.63, 3.8) is 0 Å². The van der Waals surface area contributed by atoms with Crippen molar-refractivity contribution in [3.8, 4) is 17.2 Å². The van der Waals surface area contributed by atoms with Crippen LogP contribution in [0.15, 0.2) is 42.6 Å². The van der Waals surface area contributed by atoms with Gasteiger partial charge in [0.05, 0.1) is 0 Å². The van der Waals surface area contributed by atoms with Gasteiger partial charge in [-0.1, -0.05) is 37.3 Å². The highest BCUT2D eigenvalue weighted by atomic mass is 15.0. The van der Waals surface area contributed by atoms with Crippen molar-refractivity contribution in [2.45, 2.75) is 13.3 Å². The van der Waals surface area contributed by atoms with E-state index in [-0.39, 0.29) is 0 Å². The molecule has 0 radical (unpaired) electrons. The van der Waals surface area contributed by atoms with Crippen molar-refractivity contribution in [1.82, 2.24) is 4.98 Å². The van der Waals surface area contributed by atoms with E-state index in [4.69, 9.17) is 0 Å². The number of pyridine rings is 1. The first-order valence-corrected chi connectivity index (χ1v) is 6.05. The summed E-state index contributed by atoms with van der Waals surface area (Å²) in [4.78, 5) is 4.24. The molecule has 0 unspecified atom stereocenters. The normalized spacial score (nSPS) is 9.78. The Morgan fingerprint density at radius 3 is 2.67 bits per heavy atom. The fraction of sp³-hybridized carbons (Fsp3) is 0.200. The second kappa shape index (κ2) is 5.83. The monoisotopic (exact) mass is 237 g/mol. The van der Waals surface area contributed by atoms with Crippen LogP contribution in [0.5, 0.6) is 0 Å². The van der Waals surface area contributed by atoms with Crippen LogP contribution in [0.25, 0.3) is 11.1 Å².